The molecule has 1 N–H and O–H groups in total. The van der Waals surface area contributed by atoms with Gasteiger partial charge in [-0.15, -0.1) is 11.3 Å². The smallest absolute Gasteiger partial charge is 0.237 e. The van der Waals surface area contributed by atoms with E-state index in [1.807, 2.05) is 31.2 Å². The summed E-state index contributed by atoms with van der Waals surface area (Å²) < 4.78 is 12.0. The maximum Gasteiger partial charge on any atom is 0.237 e. The molecule has 3 aromatic rings. The number of nitrogens with zero attached hydrogens (tertiary/aromatic N) is 2. The Bertz CT molecular complexity index is 1030. The van der Waals surface area contributed by atoms with Crippen LogP contribution in [0.25, 0.3) is 10.2 Å². The van der Waals surface area contributed by atoms with E-state index in [-0.39, 0.29) is 18.7 Å². The fourth-order valence-corrected chi connectivity index (χ4v) is 5.29. The Balaban J connectivity index is 1.14. The number of thiazole rings is 1. The van der Waals surface area contributed by atoms with Crippen LogP contribution in [0.2, 0.25) is 0 Å². The van der Waals surface area contributed by atoms with E-state index in [2.05, 4.69) is 28.4 Å². The first-order chi connectivity index (χ1) is 14.7. The molecule has 2 aliphatic heterocycles. The summed E-state index contributed by atoms with van der Waals surface area (Å²) in [6.45, 7) is 4.57. The molecule has 156 valence electrons. The highest BCUT2D eigenvalue weighted by atomic mass is 32.1. The number of hydrogen-bond donors (Lipinski definition) is 1. The molecule has 7 heteroatoms. The summed E-state index contributed by atoms with van der Waals surface area (Å²) in [4.78, 5) is 19.8. The summed E-state index contributed by atoms with van der Waals surface area (Å²) in [7, 11) is 0. The zero-order chi connectivity index (χ0) is 20.5. The van der Waals surface area contributed by atoms with Crippen LogP contribution in [-0.4, -0.2) is 41.7 Å². The van der Waals surface area contributed by atoms with Gasteiger partial charge >= 0.3 is 0 Å². The second-order valence-corrected chi connectivity index (χ2v) is 8.97. The number of carbonyl (C=O) groups excluding carboxylic acids is 1. The van der Waals surface area contributed by atoms with Crippen LogP contribution in [0.15, 0.2) is 42.5 Å². The van der Waals surface area contributed by atoms with Crippen molar-refractivity contribution in [1.29, 1.82) is 0 Å². The van der Waals surface area contributed by atoms with E-state index in [4.69, 9.17) is 14.5 Å². The number of ether oxygens (including phenoxy) is 2. The maximum atomic E-state index is 12.7. The van der Waals surface area contributed by atoms with Crippen LogP contribution in [0, 0.1) is 0 Å². The van der Waals surface area contributed by atoms with Crippen molar-refractivity contribution in [3.05, 3.63) is 53.0 Å². The summed E-state index contributed by atoms with van der Waals surface area (Å²) in [6, 6.07) is 14.0. The van der Waals surface area contributed by atoms with E-state index in [0.717, 1.165) is 48.5 Å². The Morgan fingerprint density at radius 1 is 1.20 bits per heavy atom. The lowest BCUT2D eigenvalue weighted by Crippen LogP contribution is -2.47. The third kappa shape index (κ3) is 3.87. The van der Waals surface area contributed by atoms with E-state index in [1.165, 1.54) is 9.71 Å². The number of benzene rings is 2. The van der Waals surface area contributed by atoms with Crippen molar-refractivity contribution in [1.82, 2.24) is 15.2 Å². The fourth-order valence-electron chi connectivity index (χ4n) is 4.15. The number of aromatic nitrogens is 1. The highest BCUT2D eigenvalue weighted by Gasteiger charge is 2.28. The highest BCUT2D eigenvalue weighted by Crippen LogP contribution is 2.34. The van der Waals surface area contributed by atoms with Crippen LogP contribution in [0.3, 0.4) is 0 Å². The van der Waals surface area contributed by atoms with Crippen molar-refractivity contribution in [3.63, 3.8) is 0 Å². The summed E-state index contributed by atoms with van der Waals surface area (Å²) in [5, 5.41) is 4.29. The summed E-state index contributed by atoms with van der Waals surface area (Å²) in [6.07, 6.45) is 2.08. The molecule has 1 unspecified atom stereocenters. The van der Waals surface area contributed by atoms with Gasteiger partial charge in [-0.25, -0.2) is 4.98 Å². The lowest BCUT2D eigenvalue weighted by molar-refractivity contribution is -0.126. The second-order valence-electron chi connectivity index (χ2n) is 7.91. The third-order valence-corrected chi connectivity index (χ3v) is 7.22. The van der Waals surface area contributed by atoms with Crippen LogP contribution < -0.4 is 14.8 Å². The number of piperidine rings is 1. The van der Waals surface area contributed by atoms with Gasteiger partial charge in [-0.05, 0) is 62.7 Å². The molecule has 30 heavy (non-hydrogen) atoms. The van der Waals surface area contributed by atoms with Gasteiger partial charge in [0.1, 0.15) is 0 Å². The zero-order valence-corrected chi connectivity index (χ0v) is 17.8. The Kier molecular flexibility index (Phi) is 5.31. The Hall–Kier alpha value is -2.64. The molecule has 5 rings (SSSR count). The molecule has 0 saturated carbocycles. The van der Waals surface area contributed by atoms with Gasteiger partial charge in [0, 0.05) is 12.5 Å². The summed E-state index contributed by atoms with van der Waals surface area (Å²) in [5.41, 5.74) is 2.10. The first-order valence-electron chi connectivity index (χ1n) is 10.4. The number of rotatable bonds is 5. The SMILES string of the molecule is CC(C(=O)NCc1ccc2c(c1)OCO2)N1CCC(c2nc3ccccc3s2)CC1. The topological polar surface area (TPSA) is 63.7 Å². The van der Waals surface area contributed by atoms with Gasteiger partial charge < -0.3 is 14.8 Å². The van der Waals surface area contributed by atoms with Gasteiger partial charge in [-0.2, -0.15) is 0 Å². The predicted octanol–water partition coefficient (Wildman–Crippen LogP) is 3.91. The minimum Gasteiger partial charge on any atom is -0.454 e. The summed E-state index contributed by atoms with van der Waals surface area (Å²) in [5.74, 6) is 2.05. The highest BCUT2D eigenvalue weighted by molar-refractivity contribution is 7.18. The molecule has 6 nitrogen and oxygen atoms in total. The Labute approximate surface area is 179 Å². The van der Waals surface area contributed by atoms with E-state index >= 15 is 0 Å². The first-order valence-corrected chi connectivity index (χ1v) is 11.2. The van der Waals surface area contributed by atoms with E-state index in [1.54, 1.807) is 11.3 Å². The Morgan fingerprint density at radius 3 is 2.83 bits per heavy atom. The number of carbonyl (C=O) groups is 1. The Morgan fingerprint density at radius 2 is 2.00 bits per heavy atom. The van der Waals surface area contributed by atoms with Crippen molar-refractivity contribution in [2.75, 3.05) is 19.9 Å². The molecule has 0 bridgehead atoms. The molecule has 0 radical (unpaired) electrons. The first kappa shape index (κ1) is 19.3. The van der Waals surface area contributed by atoms with Gasteiger partial charge in [-0.3, -0.25) is 9.69 Å². The molecule has 0 aliphatic carbocycles. The van der Waals surface area contributed by atoms with Crippen molar-refractivity contribution in [2.24, 2.45) is 0 Å². The molecule has 1 saturated heterocycles. The maximum absolute atomic E-state index is 12.7. The lowest BCUT2D eigenvalue weighted by Gasteiger charge is -2.34. The minimum atomic E-state index is -0.143. The number of hydrogen-bond acceptors (Lipinski definition) is 6. The average molecular weight is 424 g/mol. The minimum absolute atomic E-state index is 0.0612. The molecular formula is C23H25N3O3S. The van der Waals surface area contributed by atoms with Crippen molar-refractivity contribution in [2.45, 2.75) is 38.3 Å². The zero-order valence-electron chi connectivity index (χ0n) is 17.0. The van der Waals surface area contributed by atoms with Crippen LogP contribution in [0.4, 0.5) is 0 Å². The van der Waals surface area contributed by atoms with Gasteiger partial charge in [0.2, 0.25) is 12.7 Å². The number of nitrogens with one attached hydrogen (secondary N) is 1. The van der Waals surface area contributed by atoms with Crippen molar-refractivity contribution < 1.29 is 14.3 Å². The molecule has 2 aromatic carbocycles. The molecule has 1 fully saturated rings. The largest absolute Gasteiger partial charge is 0.454 e. The lowest BCUT2D eigenvalue weighted by atomic mass is 9.96. The second kappa shape index (κ2) is 8.24. The van der Waals surface area contributed by atoms with E-state index in [0.29, 0.717) is 12.5 Å². The molecule has 3 heterocycles. The van der Waals surface area contributed by atoms with E-state index in [9.17, 15) is 4.79 Å². The van der Waals surface area contributed by atoms with Gasteiger partial charge in [-0.1, -0.05) is 18.2 Å². The number of fused-ring (bicyclic) bond motifs is 2. The fraction of sp³-hybridized carbons (Fsp3) is 0.391. The molecule has 1 atom stereocenters. The molecular weight excluding hydrogens is 398 g/mol. The normalized spacial score (nSPS) is 17.9. The van der Waals surface area contributed by atoms with Crippen LogP contribution in [0.1, 0.15) is 36.3 Å². The molecule has 1 amide bonds. The van der Waals surface area contributed by atoms with Gasteiger partial charge in [0.25, 0.3) is 0 Å². The summed E-state index contributed by atoms with van der Waals surface area (Å²) >= 11 is 1.81. The average Bonchev–Trinajstić information content (AvgIpc) is 3.43. The standard InChI is InChI=1S/C23H25N3O3S/c1-15(22(27)24-13-16-6-7-19-20(12-16)29-14-28-19)26-10-8-17(9-11-26)23-25-18-4-2-3-5-21(18)30-23/h2-7,12,15,17H,8-11,13-14H2,1H3,(H,24,27). The van der Waals surface area contributed by atoms with Gasteiger partial charge in [0.05, 0.1) is 21.3 Å². The molecule has 2 aliphatic rings. The quantitative estimate of drug-likeness (QED) is 0.674. The number of para-hydroxylation sites is 1. The predicted molar refractivity (Wildman–Crippen MR) is 117 cm³/mol. The van der Waals surface area contributed by atoms with Gasteiger partial charge in [0.15, 0.2) is 11.5 Å². The molecule has 1 aromatic heterocycles. The number of amides is 1. The third-order valence-electron chi connectivity index (χ3n) is 6.02. The molecule has 0 spiro atoms. The number of likely N-dealkylation sites (tertiary alicyclic amines) is 1. The van der Waals surface area contributed by atoms with Crippen LogP contribution in [-0.2, 0) is 11.3 Å². The van der Waals surface area contributed by atoms with Crippen LogP contribution in [0.5, 0.6) is 11.5 Å². The van der Waals surface area contributed by atoms with Crippen molar-refractivity contribution in [3.8, 4) is 11.5 Å². The monoisotopic (exact) mass is 423 g/mol. The van der Waals surface area contributed by atoms with Crippen LogP contribution >= 0.6 is 11.3 Å². The van der Waals surface area contributed by atoms with Crippen molar-refractivity contribution >= 4 is 27.5 Å². The van der Waals surface area contributed by atoms with E-state index < -0.39 is 0 Å².